The molecule has 7 N–H and O–H groups in total. The molecule has 8 nitrogen and oxygen atoms in total. The number of ether oxygens (including phenoxy) is 1. The Labute approximate surface area is 143 Å². The van der Waals surface area contributed by atoms with Crippen LogP contribution in [0.5, 0.6) is 5.75 Å². The van der Waals surface area contributed by atoms with Gasteiger partial charge in [-0.05, 0) is 38.4 Å². The molecule has 1 aliphatic heterocycles. The lowest BCUT2D eigenvalue weighted by atomic mass is 10.1. The summed E-state index contributed by atoms with van der Waals surface area (Å²) >= 11 is -0.473. The van der Waals surface area contributed by atoms with Gasteiger partial charge in [0, 0.05) is 0 Å². The SMILES string of the molecule is CN.NC1=NSNc2cccc(OCCCCCOS(N)=O)c21. The van der Waals surface area contributed by atoms with Gasteiger partial charge in [0.2, 0.25) is 11.3 Å². The van der Waals surface area contributed by atoms with Gasteiger partial charge in [0.05, 0.1) is 36.6 Å². The second kappa shape index (κ2) is 11.2. The zero-order valence-corrected chi connectivity index (χ0v) is 14.6. The fourth-order valence-electron chi connectivity index (χ4n) is 1.87. The summed E-state index contributed by atoms with van der Waals surface area (Å²) in [4.78, 5) is 0. The van der Waals surface area contributed by atoms with Gasteiger partial charge < -0.3 is 20.9 Å². The highest BCUT2D eigenvalue weighted by molar-refractivity contribution is 7.99. The van der Waals surface area contributed by atoms with Gasteiger partial charge >= 0.3 is 0 Å². The van der Waals surface area contributed by atoms with Crippen LogP contribution in [-0.4, -0.2) is 30.3 Å². The molecule has 130 valence electrons. The van der Waals surface area contributed by atoms with Crippen LogP contribution in [0.25, 0.3) is 0 Å². The van der Waals surface area contributed by atoms with Crippen molar-refractivity contribution in [3.63, 3.8) is 0 Å². The first-order chi connectivity index (χ1) is 11.2. The third kappa shape index (κ3) is 6.75. The molecule has 0 amide bonds. The zero-order chi connectivity index (χ0) is 17.1. The first-order valence-electron chi connectivity index (χ1n) is 7.07. The zero-order valence-electron chi connectivity index (χ0n) is 13.0. The molecular weight excluding hydrogens is 338 g/mol. The van der Waals surface area contributed by atoms with E-state index in [1.807, 2.05) is 18.2 Å². The Balaban J connectivity index is 0.00000127. The van der Waals surface area contributed by atoms with Crippen molar-refractivity contribution in [1.29, 1.82) is 0 Å². The van der Waals surface area contributed by atoms with E-state index in [4.69, 9.17) is 19.8 Å². The Morgan fingerprint density at radius 1 is 1.26 bits per heavy atom. The topological polar surface area (TPSA) is 138 Å². The number of unbranched alkanes of at least 4 members (excludes halogenated alkanes) is 2. The average Bonchev–Trinajstić information content (AvgIpc) is 2.56. The maximum absolute atomic E-state index is 10.5. The Morgan fingerprint density at radius 3 is 2.74 bits per heavy atom. The van der Waals surface area contributed by atoms with Crippen LogP contribution in [0.1, 0.15) is 24.8 Å². The number of nitrogens with one attached hydrogen (secondary N) is 1. The van der Waals surface area contributed by atoms with E-state index in [1.54, 1.807) is 0 Å². The molecule has 0 spiro atoms. The number of rotatable bonds is 8. The second-order valence-corrected chi connectivity index (χ2v) is 5.67. The summed E-state index contributed by atoms with van der Waals surface area (Å²) in [7, 11) is 1.50. The average molecular weight is 361 g/mol. The maximum atomic E-state index is 10.5. The van der Waals surface area contributed by atoms with Crippen molar-refractivity contribution < 1.29 is 13.1 Å². The van der Waals surface area contributed by atoms with Crippen LogP contribution in [-0.2, 0) is 15.4 Å². The number of hydrogen-bond acceptors (Lipinski definition) is 8. The Hall–Kier alpha value is -1.33. The van der Waals surface area contributed by atoms with Crippen LogP contribution >= 0.6 is 12.1 Å². The molecule has 1 aromatic carbocycles. The van der Waals surface area contributed by atoms with Crippen LogP contribution in [0.15, 0.2) is 22.6 Å². The molecular formula is C13H23N5O3S2. The number of nitrogens with two attached hydrogens (primary N) is 3. The maximum Gasteiger partial charge on any atom is 0.231 e. The lowest BCUT2D eigenvalue weighted by Crippen LogP contribution is -2.19. The minimum absolute atomic E-state index is 0.393. The molecule has 0 bridgehead atoms. The lowest BCUT2D eigenvalue weighted by Gasteiger charge is -2.18. The van der Waals surface area contributed by atoms with Gasteiger partial charge in [-0.15, -0.1) is 0 Å². The van der Waals surface area contributed by atoms with Crippen LogP contribution in [0.2, 0.25) is 0 Å². The highest BCUT2D eigenvalue weighted by Gasteiger charge is 2.17. The fourth-order valence-corrected chi connectivity index (χ4v) is 2.66. The third-order valence-electron chi connectivity index (χ3n) is 2.83. The second-order valence-electron chi connectivity index (χ2n) is 4.34. The van der Waals surface area contributed by atoms with Gasteiger partial charge in [0.15, 0.2) is 0 Å². The van der Waals surface area contributed by atoms with E-state index in [0.29, 0.717) is 19.0 Å². The first-order valence-corrected chi connectivity index (χ1v) is 8.98. The van der Waals surface area contributed by atoms with E-state index in [0.717, 1.165) is 36.3 Å². The van der Waals surface area contributed by atoms with Crippen LogP contribution < -0.4 is 26.1 Å². The molecule has 0 fully saturated rings. The van der Waals surface area contributed by atoms with E-state index in [9.17, 15) is 4.21 Å². The number of anilines is 1. The fraction of sp³-hybridized carbons (Fsp3) is 0.462. The highest BCUT2D eigenvalue weighted by Crippen LogP contribution is 2.32. The number of amidine groups is 1. The van der Waals surface area contributed by atoms with Gasteiger partial charge in [-0.1, -0.05) is 6.07 Å². The summed E-state index contributed by atoms with van der Waals surface area (Å²) in [6.45, 7) is 0.965. The summed E-state index contributed by atoms with van der Waals surface area (Å²) < 4.78 is 28.2. The van der Waals surface area contributed by atoms with Crippen molar-refractivity contribution in [3.05, 3.63) is 23.8 Å². The number of fused-ring (bicyclic) bond motifs is 1. The van der Waals surface area contributed by atoms with Gasteiger partial charge in [-0.25, -0.2) is 9.35 Å². The molecule has 1 aromatic rings. The summed E-state index contributed by atoms with van der Waals surface area (Å²) in [5, 5.41) is 4.98. The Bertz CT molecular complexity index is 542. The quantitative estimate of drug-likeness (QED) is 0.401. The van der Waals surface area contributed by atoms with Crippen LogP contribution in [0.4, 0.5) is 5.69 Å². The Kier molecular flexibility index (Phi) is 9.64. The van der Waals surface area contributed by atoms with E-state index in [2.05, 4.69) is 14.9 Å². The standard InChI is InChI=1S/C12H18N4O3S2.CH5N/c13-12-11-9(15-20-16-12)5-4-6-10(11)18-7-2-1-3-8-19-21(14)17;1-2/h4-6,15H,1-3,7-8,14H2,(H2,13,16);2H2,1H3. The van der Waals surface area contributed by atoms with Crippen molar-refractivity contribution in [2.24, 2.45) is 21.0 Å². The minimum atomic E-state index is -1.68. The molecule has 1 heterocycles. The molecule has 0 saturated carbocycles. The molecule has 1 aliphatic rings. The first kappa shape index (κ1) is 19.7. The van der Waals surface area contributed by atoms with Gasteiger partial charge in [0.25, 0.3) is 0 Å². The van der Waals surface area contributed by atoms with Gasteiger partial charge in [-0.3, -0.25) is 4.18 Å². The normalized spacial score (nSPS) is 13.8. The lowest BCUT2D eigenvalue weighted by molar-refractivity contribution is 0.289. The van der Waals surface area contributed by atoms with Crippen LogP contribution in [0, 0.1) is 0 Å². The van der Waals surface area contributed by atoms with E-state index >= 15 is 0 Å². The molecule has 23 heavy (non-hydrogen) atoms. The largest absolute Gasteiger partial charge is 0.493 e. The summed E-state index contributed by atoms with van der Waals surface area (Å²) in [6, 6.07) is 5.71. The molecule has 0 aliphatic carbocycles. The van der Waals surface area contributed by atoms with Crippen molar-refractivity contribution in [2.45, 2.75) is 19.3 Å². The summed E-state index contributed by atoms with van der Waals surface area (Å²) in [5.74, 6) is 1.18. The van der Waals surface area contributed by atoms with Gasteiger partial charge in [-0.2, -0.15) is 4.40 Å². The third-order valence-corrected chi connectivity index (χ3v) is 3.83. The predicted octanol–water partition coefficient (Wildman–Crippen LogP) is 1.06. The van der Waals surface area contributed by atoms with Crippen LogP contribution in [0.3, 0.4) is 0 Å². The molecule has 0 radical (unpaired) electrons. The minimum Gasteiger partial charge on any atom is -0.493 e. The monoisotopic (exact) mass is 361 g/mol. The molecule has 0 aromatic heterocycles. The van der Waals surface area contributed by atoms with Crippen molar-refractivity contribution in [2.75, 3.05) is 25.0 Å². The number of benzene rings is 1. The molecule has 2 rings (SSSR count). The predicted molar refractivity (Wildman–Crippen MR) is 96.1 cm³/mol. The van der Waals surface area contributed by atoms with Gasteiger partial charge in [0.1, 0.15) is 11.6 Å². The van der Waals surface area contributed by atoms with Crippen molar-refractivity contribution >= 4 is 34.9 Å². The highest BCUT2D eigenvalue weighted by atomic mass is 32.2. The molecule has 1 unspecified atom stereocenters. The number of nitrogens with zero attached hydrogens (tertiary/aromatic N) is 1. The molecule has 0 saturated heterocycles. The van der Waals surface area contributed by atoms with Crippen molar-refractivity contribution in [1.82, 2.24) is 0 Å². The van der Waals surface area contributed by atoms with E-state index < -0.39 is 11.3 Å². The van der Waals surface area contributed by atoms with Crippen molar-refractivity contribution in [3.8, 4) is 5.75 Å². The van der Waals surface area contributed by atoms with E-state index in [-0.39, 0.29) is 0 Å². The molecule has 10 heteroatoms. The summed E-state index contributed by atoms with van der Waals surface area (Å²) in [6.07, 6.45) is 2.56. The smallest absolute Gasteiger partial charge is 0.231 e. The van der Waals surface area contributed by atoms with E-state index in [1.165, 1.54) is 19.2 Å². The molecule has 1 atom stereocenters. The Morgan fingerprint density at radius 2 is 2.00 bits per heavy atom. The summed E-state index contributed by atoms with van der Waals surface area (Å²) in [5.41, 5.74) is 12.1. The number of hydrogen-bond donors (Lipinski definition) is 4.